The summed E-state index contributed by atoms with van der Waals surface area (Å²) in [7, 11) is 0. The Kier molecular flexibility index (Phi) is 4.51. The van der Waals surface area contributed by atoms with Crippen LogP contribution in [-0.2, 0) is 9.47 Å². The Morgan fingerprint density at radius 2 is 1.71 bits per heavy atom. The van der Waals surface area contributed by atoms with Gasteiger partial charge in [0, 0.05) is 5.69 Å². The van der Waals surface area contributed by atoms with Crippen LogP contribution in [0.15, 0.2) is 18.2 Å². The first-order valence-corrected chi connectivity index (χ1v) is 5.33. The number of anilines is 1. The molecule has 1 aromatic carbocycles. The first-order chi connectivity index (χ1) is 8.10. The number of carbonyl (C=O) groups excluding carboxylic acids is 2. The molecule has 2 N–H and O–H groups in total. The van der Waals surface area contributed by atoms with Crippen molar-refractivity contribution in [3.05, 3.63) is 29.3 Å². The van der Waals surface area contributed by atoms with Crippen molar-refractivity contribution in [1.82, 2.24) is 0 Å². The lowest BCUT2D eigenvalue weighted by Gasteiger charge is -2.07. The van der Waals surface area contributed by atoms with Gasteiger partial charge in [-0.25, -0.2) is 9.59 Å². The van der Waals surface area contributed by atoms with Crippen LogP contribution in [0.1, 0.15) is 34.6 Å². The second-order valence-electron chi connectivity index (χ2n) is 3.24. The van der Waals surface area contributed by atoms with Gasteiger partial charge in [-0.2, -0.15) is 0 Å². The topological polar surface area (TPSA) is 78.6 Å². The minimum atomic E-state index is -0.500. The van der Waals surface area contributed by atoms with Gasteiger partial charge in [0.15, 0.2) is 0 Å². The molecule has 0 amide bonds. The molecule has 0 aliphatic carbocycles. The van der Waals surface area contributed by atoms with Gasteiger partial charge >= 0.3 is 11.9 Å². The molecule has 0 radical (unpaired) electrons. The molecule has 0 bridgehead atoms. The van der Waals surface area contributed by atoms with E-state index < -0.39 is 11.9 Å². The maximum absolute atomic E-state index is 11.5. The third-order valence-electron chi connectivity index (χ3n) is 2.06. The Morgan fingerprint density at radius 1 is 1.12 bits per heavy atom. The van der Waals surface area contributed by atoms with Gasteiger partial charge in [-0.15, -0.1) is 0 Å². The van der Waals surface area contributed by atoms with Crippen LogP contribution >= 0.6 is 0 Å². The fourth-order valence-corrected chi connectivity index (χ4v) is 1.30. The van der Waals surface area contributed by atoms with Crippen LogP contribution < -0.4 is 5.73 Å². The Balaban J connectivity index is 2.93. The number of rotatable bonds is 4. The van der Waals surface area contributed by atoms with E-state index in [4.69, 9.17) is 15.2 Å². The van der Waals surface area contributed by atoms with Crippen molar-refractivity contribution in [1.29, 1.82) is 0 Å². The third-order valence-corrected chi connectivity index (χ3v) is 2.06. The molecule has 0 saturated heterocycles. The van der Waals surface area contributed by atoms with Crippen LogP contribution in [0.5, 0.6) is 0 Å². The molecule has 0 saturated carbocycles. The molecule has 92 valence electrons. The van der Waals surface area contributed by atoms with Crippen LogP contribution in [0.25, 0.3) is 0 Å². The molecule has 0 spiro atoms. The quantitative estimate of drug-likeness (QED) is 0.636. The largest absolute Gasteiger partial charge is 0.462 e. The summed E-state index contributed by atoms with van der Waals surface area (Å²) < 4.78 is 9.64. The van der Waals surface area contributed by atoms with Gasteiger partial charge in [0.25, 0.3) is 0 Å². The highest BCUT2D eigenvalue weighted by Crippen LogP contribution is 2.16. The number of hydrogen-bond donors (Lipinski definition) is 1. The van der Waals surface area contributed by atoms with E-state index in [1.54, 1.807) is 13.8 Å². The molecule has 0 aromatic heterocycles. The van der Waals surface area contributed by atoms with E-state index in [2.05, 4.69) is 0 Å². The van der Waals surface area contributed by atoms with Gasteiger partial charge in [-0.05, 0) is 32.0 Å². The number of carbonyl (C=O) groups is 2. The predicted molar refractivity (Wildman–Crippen MR) is 62.8 cm³/mol. The lowest BCUT2D eigenvalue weighted by Crippen LogP contribution is -2.10. The number of nitrogen functional groups attached to an aromatic ring is 1. The van der Waals surface area contributed by atoms with Gasteiger partial charge < -0.3 is 15.2 Å². The maximum Gasteiger partial charge on any atom is 0.340 e. The number of ether oxygens (including phenoxy) is 2. The van der Waals surface area contributed by atoms with Crippen molar-refractivity contribution in [3.8, 4) is 0 Å². The average Bonchev–Trinajstić information content (AvgIpc) is 2.29. The van der Waals surface area contributed by atoms with Crippen LogP contribution in [0, 0.1) is 0 Å². The first-order valence-electron chi connectivity index (χ1n) is 5.33. The molecule has 17 heavy (non-hydrogen) atoms. The summed E-state index contributed by atoms with van der Waals surface area (Å²) in [6.45, 7) is 3.99. The molecular weight excluding hydrogens is 222 g/mol. The monoisotopic (exact) mass is 237 g/mol. The van der Waals surface area contributed by atoms with E-state index in [0.29, 0.717) is 12.2 Å². The highest BCUT2D eigenvalue weighted by Gasteiger charge is 2.14. The fourth-order valence-electron chi connectivity index (χ4n) is 1.30. The molecule has 0 heterocycles. The van der Waals surface area contributed by atoms with Crippen LogP contribution in [-0.4, -0.2) is 25.2 Å². The minimum absolute atomic E-state index is 0.203. The zero-order chi connectivity index (χ0) is 12.8. The van der Waals surface area contributed by atoms with Gasteiger partial charge in [0.05, 0.1) is 24.3 Å². The first kappa shape index (κ1) is 13.0. The van der Waals surface area contributed by atoms with Crippen LogP contribution in [0.3, 0.4) is 0 Å². The van der Waals surface area contributed by atoms with Gasteiger partial charge in [-0.3, -0.25) is 0 Å². The van der Waals surface area contributed by atoms with E-state index in [1.807, 2.05) is 0 Å². The van der Waals surface area contributed by atoms with Crippen molar-refractivity contribution >= 4 is 17.6 Å². The maximum atomic E-state index is 11.5. The second-order valence-corrected chi connectivity index (χ2v) is 3.24. The Bertz CT molecular complexity index is 429. The van der Waals surface area contributed by atoms with Gasteiger partial charge in [-0.1, -0.05) is 0 Å². The normalized spacial score (nSPS) is 9.76. The third kappa shape index (κ3) is 3.21. The highest BCUT2D eigenvalue weighted by atomic mass is 16.5. The summed E-state index contributed by atoms with van der Waals surface area (Å²) in [5.74, 6) is -0.963. The average molecular weight is 237 g/mol. The molecule has 1 rings (SSSR count). The zero-order valence-corrected chi connectivity index (χ0v) is 9.86. The van der Waals surface area contributed by atoms with Crippen molar-refractivity contribution in [2.24, 2.45) is 0 Å². The summed E-state index contributed by atoms with van der Waals surface area (Å²) in [6, 6.07) is 4.35. The lowest BCUT2D eigenvalue weighted by atomic mass is 10.1. The number of benzene rings is 1. The van der Waals surface area contributed by atoms with E-state index in [-0.39, 0.29) is 17.9 Å². The fraction of sp³-hybridized carbons (Fsp3) is 0.333. The summed E-state index contributed by atoms with van der Waals surface area (Å²) in [5.41, 5.74) is 6.45. The molecule has 1 aromatic rings. The Labute approximate surface area is 99.5 Å². The van der Waals surface area contributed by atoms with E-state index in [1.165, 1.54) is 18.2 Å². The molecule has 0 fully saturated rings. The van der Waals surface area contributed by atoms with E-state index >= 15 is 0 Å². The van der Waals surface area contributed by atoms with Crippen molar-refractivity contribution in [2.75, 3.05) is 18.9 Å². The SMILES string of the molecule is CCOC(=O)c1ccc(C(=O)OCC)c(N)c1. The summed E-state index contributed by atoms with van der Waals surface area (Å²) in [6.07, 6.45) is 0. The Hall–Kier alpha value is -2.04. The molecule has 5 heteroatoms. The van der Waals surface area contributed by atoms with E-state index in [0.717, 1.165) is 0 Å². The summed E-state index contributed by atoms with van der Waals surface area (Å²) in [5, 5.41) is 0. The van der Waals surface area contributed by atoms with E-state index in [9.17, 15) is 9.59 Å². The highest BCUT2D eigenvalue weighted by molar-refractivity contribution is 5.98. The van der Waals surface area contributed by atoms with Crippen molar-refractivity contribution in [2.45, 2.75) is 13.8 Å². The minimum Gasteiger partial charge on any atom is -0.462 e. The molecule has 0 atom stereocenters. The lowest BCUT2D eigenvalue weighted by molar-refractivity contribution is 0.0512. The van der Waals surface area contributed by atoms with Crippen molar-refractivity contribution in [3.63, 3.8) is 0 Å². The number of esters is 2. The van der Waals surface area contributed by atoms with Crippen molar-refractivity contribution < 1.29 is 19.1 Å². The smallest absolute Gasteiger partial charge is 0.340 e. The van der Waals surface area contributed by atoms with Gasteiger partial charge in [0.2, 0.25) is 0 Å². The zero-order valence-electron chi connectivity index (χ0n) is 9.86. The second kappa shape index (κ2) is 5.89. The molecule has 0 unspecified atom stereocenters. The number of hydrogen-bond acceptors (Lipinski definition) is 5. The molecular formula is C12H15NO4. The summed E-state index contributed by atoms with van der Waals surface area (Å²) >= 11 is 0. The van der Waals surface area contributed by atoms with Gasteiger partial charge in [0.1, 0.15) is 0 Å². The standard InChI is InChI=1S/C12H15NO4/c1-3-16-11(14)8-5-6-9(10(13)7-8)12(15)17-4-2/h5-7H,3-4,13H2,1-2H3. The van der Waals surface area contributed by atoms with Crippen LogP contribution in [0.4, 0.5) is 5.69 Å². The molecule has 0 aliphatic heterocycles. The number of nitrogens with two attached hydrogens (primary N) is 1. The molecule has 5 nitrogen and oxygen atoms in total. The van der Waals surface area contributed by atoms with Crippen LogP contribution in [0.2, 0.25) is 0 Å². The summed E-state index contributed by atoms with van der Waals surface area (Å²) in [4.78, 5) is 22.9. The molecule has 0 aliphatic rings. The predicted octanol–water partition coefficient (Wildman–Crippen LogP) is 1.62. The Morgan fingerprint density at radius 3 is 2.24 bits per heavy atom.